The van der Waals surface area contributed by atoms with E-state index in [0.29, 0.717) is 11.1 Å². The van der Waals surface area contributed by atoms with Gasteiger partial charge in [-0.25, -0.2) is 0 Å². The minimum atomic E-state index is 0.500. The zero-order chi connectivity index (χ0) is 14.2. The first kappa shape index (κ1) is 14.5. The highest BCUT2D eigenvalue weighted by molar-refractivity contribution is 5.09. The summed E-state index contributed by atoms with van der Waals surface area (Å²) >= 11 is 0. The van der Waals surface area contributed by atoms with Gasteiger partial charge in [-0.3, -0.25) is 4.90 Å². The Kier molecular flexibility index (Phi) is 4.04. The van der Waals surface area contributed by atoms with Gasteiger partial charge in [0, 0.05) is 30.2 Å². The topological polar surface area (TPSA) is 15.3 Å². The van der Waals surface area contributed by atoms with Crippen LogP contribution in [0.5, 0.6) is 0 Å². The molecule has 1 aliphatic heterocycles. The Bertz CT molecular complexity index is 347. The molecular formula is C19H34N2. The Labute approximate surface area is 131 Å². The van der Waals surface area contributed by atoms with Crippen molar-refractivity contribution in [3.05, 3.63) is 0 Å². The number of piperazine rings is 1. The molecule has 0 bridgehead atoms. The quantitative estimate of drug-likeness (QED) is 0.777. The molecule has 21 heavy (non-hydrogen) atoms. The van der Waals surface area contributed by atoms with Gasteiger partial charge in [-0.1, -0.05) is 51.4 Å². The van der Waals surface area contributed by atoms with Crippen molar-refractivity contribution in [3.63, 3.8) is 0 Å². The van der Waals surface area contributed by atoms with Gasteiger partial charge < -0.3 is 5.32 Å². The molecule has 1 saturated heterocycles. The molecule has 0 aromatic heterocycles. The average Bonchev–Trinajstić information content (AvgIpc) is 3.01. The molecule has 4 fully saturated rings. The van der Waals surface area contributed by atoms with Gasteiger partial charge in [0.25, 0.3) is 0 Å². The number of hydrogen-bond donors (Lipinski definition) is 1. The molecule has 2 spiro atoms. The molecule has 1 heterocycles. The molecule has 0 atom stereocenters. The van der Waals surface area contributed by atoms with Crippen LogP contribution < -0.4 is 5.32 Å². The molecule has 4 aliphatic rings. The summed E-state index contributed by atoms with van der Waals surface area (Å²) in [5, 5.41) is 4.08. The molecule has 0 aromatic rings. The molecule has 1 N–H and O–H groups in total. The third-order valence-electron chi connectivity index (χ3n) is 7.24. The van der Waals surface area contributed by atoms with Crippen molar-refractivity contribution < 1.29 is 0 Å². The highest BCUT2D eigenvalue weighted by Gasteiger charge is 2.50. The first-order valence-electron chi connectivity index (χ1n) is 9.84. The molecule has 2 nitrogen and oxygen atoms in total. The van der Waals surface area contributed by atoms with Crippen LogP contribution in [0.15, 0.2) is 0 Å². The van der Waals surface area contributed by atoms with Gasteiger partial charge in [0.05, 0.1) is 0 Å². The predicted molar refractivity (Wildman–Crippen MR) is 88.6 cm³/mol. The fourth-order valence-electron chi connectivity index (χ4n) is 5.97. The van der Waals surface area contributed by atoms with Crippen molar-refractivity contribution in [1.82, 2.24) is 10.2 Å². The van der Waals surface area contributed by atoms with Crippen LogP contribution in [0, 0.1) is 0 Å². The van der Waals surface area contributed by atoms with Gasteiger partial charge in [-0.15, -0.1) is 0 Å². The van der Waals surface area contributed by atoms with E-state index in [9.17, 15) is 0 Å². The molecule has 120 valence electrons. The van der Waals surface area contributed by atoms with Gasteiger partial charge in [-0.05, 0) is 38.5 Å². The van der Waals surface area contributed by atoms with Crippen molar-refractivity contribution in [3.8, 4) is 0 Å². The third kappa shape index (κ3) is 2.67. The summed E-state index contributed by atoms with van der Waals surface area (Å²) in [6, 6.07) is 0.913. The largest absolute Gasteiger partial charge is 0.308 e. The second-order valence-corrected chi connectivity index (χ2v) is 8.55. The monoisotopic (exact) mass is 290 g/mol. The van der Waals surface area contributed by atoms with E-state index in [-0.39, 0.29) is 0 Å². The van der Waals surface area contributed by atoms with Crippen molar-refractivity contribution in [2.75, 3.05) is 13.1 Å². The van der Waals surface area contributed by atoms with Gasteiger partial charge in [-0.2, -0.15) is 0 Å². The molecule has 3 saturated carbocycles. The van der Waals surface area contributed by atoms with E-state index in [0.717, 1.165) is 6.04 Å². The summed E-state index contributed by atoms with van der Waals surface area (Å²) in [6.07, 6.45) is 20.6. The minimum absolute atomic E-state index is 0.500. The fraction of sp³-hybridized carbons (Fsp3) is 1.00. The highest BCUT2D eigenvalue weighted by Crippen LogP contribution is 2.44. The predicted octanol–water partition coefficient (Wildman–Crippen LogP) is 4.24. The van der Waals surface area contributed by atoms with E-state index >= 15 is 0 Å². The Balaban J connectivity index is 1.57. The van der Waals surface area contributed by atoms with E-state index in [1.165, 1.54) is 103 Å². The molecule has 0 amide bonds. The van der Waals surface area contributed by atoms with E-state index in [1.54, 1.807) is 0 Å². The van der Waals surface area contributed by atoms with Crippen LogP contribution in [0.1, 0.15) is 89.9 Å². The van der Waals surface area contributed by atoms with Gasteiger partial charge >= 0.3 is 0 Å². The fourth-order valence-corrected chi connectivity index (χ4v) is 5.97. The molecule has 3 aliphatic carbocycles. The zero-order valence-corrected chi connectivity index (χ0v) is 13.8. The van der Waals surface area contributed by atoms with Crippen molar-refractivity contribution in [1.29, 1.82) is 0 Å². The van der Waals surface area contributed by atoms with Gasteiger partial charge in [0.1, 0.15) is 0 Å². The number of nitrogens with zero attached hydrogens (tertiary/aromatic N) is 1. The maximum atomic E-state index is 4.08. The first-order chi connectivity index (χ1) is 10.3. The van der Waals surface area contributed by atoms with Crippen LogP contribution in [-0.4, -0.2) is 35.1 Å². The van der Waals surface area contributed by atoms with E-state index in [4.69, 9.17) is 0 Å². The van der Waals surface area contributed by atoms with E-state index in [1.807, 2.05) is 0 Å². The summed E-state index contributed by atoms with van der Waals surface area (Å²) in [5.74, 6) is 0. The summed E-state index contributed by atoms with van der Waals surface area (Å²) in [4.78, 5) is 3.08. The lowest BCUT2D eigenvalue weighted by molar-refractivity contribution is -0.0554. The molecular weight excluding hydrogens is 256 g/mol. The summed E-state index contributed by atoms with van der Waals surface area (Å²) in [5.41, 5.74) is 1.04. The highest BCUT2D eigenvalue weighted by atomic mass is 15.3. The molecule has 0 aromatic carbocycles. The molecule has 0 radical (unpaired) electrons. The average molecular weight is 290 g/mol. The smallest absolute Gasteiger partial charge is 0.0337 e. The number of hydrogen-bond acceptors (Lipinski definition) is 2. The lowest BCUT2D eigenvalue weighted by Gasteiger charge is -2.58. The Morgan fingerprint density at radius 1 is 0.714 bits per heavy atom. The lowest BCUT2D eigenvalue weighted by Crippen LogP contribution is -2.71. The Morgan fingerprint density at radius 3 is 2.05 bits per heavy atom. The van der Waals surface area contributed by atoms with Crippen molar-refractivity contribution >= 4 is 0 Å². The maximum absolute atomic E-state index is 4.08. The van der Waals surface area contributed by atoms with Crippen LogP contribution >= 0.6 is 0 Å². The summed E-state index contributed by atoms with van der Waals surface area (Å²) < 4.78 is 0. The van der Waals surface area contributed by atoms with Crippen molar-refractivity contribution in [2.45, 2.75) is 107 Å². The van der Waals surface area contributed by atoms with Gasteiger partial charge in [0.15, 0.2) is 0 Å². The molecule has 2 heteroatoms. The lowest BCUT2D eigenvalue weighted by atomic mass is 9.74. The summed E-state index contributed by atoms with van der Waals surface area (Å²) in [6.45, 7) is 2.67. The van der Waals surface area contributed by atoms with Crippen molar-refractivity contribution in [2.24, 2.45) is 0 Å². The molecule has 4 rings (SSSR count). The first-order valence-corrected chi connectivity index (χ1v) is 9.84. The minimum Gasteiger partial charge on any atom is -0.308 e. The standard InChI is InChI=1S/C19H34N2/c1-3-9-17(10-4-1)21-16-18(11-7-8-12-18)20-15-19(21)13-5-2-6-14-19/h17,20H,1-16H2. The van der Waals surface area contributed by atoms with Crippen LogP contribution in [0.4, 0.5) is 0 Å². The molecule has 0 unspecified atom stereocenters. The maximum Gasteiger partial charge on any atom is 0.0337 e. The van der Waals surface area contributed by atoms with Crippen LogP contribution in [0.25, 0.3) is 0 Å². The second kappa shape index (κ2) is 5.85. The SMILES string of the molecule is C1CCC(N2CC3(CCCC3)NCC23CCCCC3)CC1. The second-order valence-electron chi connectivity index (χ2n) is 8.55. The Morgan fingerprint density at radius 2 is 1.33 bits per heavy atom. The Hall–Kier alpha value is -0.0800. The number of rotatable bonds is 1. The summed E-state index contributed by atoms with van der Waals surface area (Å²) in [7, 11) is 0. The number of nitrogens with one attached hydrogen (secondary N) is 1. The van der Waals surface area contributed by atoms with Gasteiger partial charge in [0.2, 0.25) is 0 Å². The van der Waals surface area contributed by atoms with Crippen LogP contribution in [-0.2, 0) is 0 Å². The van der Waals surface area contributed by atoms with E-state index < -0.39 is 0 Å². The third-order valence-corrected chi connectivity index (χ3v) is 7.24. The normalized spacial score (nSPS) is 33.7. The van der Waals surface area contributed by atoms with Crippen LogP contribution in [0.3, 0.4) is 0 Å². The zero-order valence-electron chi connectivity index (χ0n) is 13.8. The van der Waals surface area contributed by atoms with E-state index in [2.05, 4.69) is 10.2 Å². The van der Waals surface area contributed by atoms with Crippen LogP contribution in [0.2, 0.25) is 0 Å².